The Bertz CT molecular complexity index is 1920. The topological polar surface area (TPSA) is 109 Å². The SMILES string of the molecule is COc1cc(C)c(-c2nc3ccccc3c(=O)n2N=Cc2ccc(OCc3ccc(Cl)cc3)c([N+](=O)[O-])c2)cc1C(C)C. The summed E-state index contributed by atoms with van der Waals surface area (Å²) in [6, 6.07) is 22.5. The molecule has 0 spiro atoms. The molecule has 4 aromatic carbocycles. The largest absolute Gasteiger partial charge is 0.496 e. The van der Waals surface area contributed by atoms with Gasteiger partial charge < -0.3 is 9.47 Å². The fraction of sp³-hybridized carbons (Fsp3) is 0.182. The van der Waals surface area contributed by atoms with Crippen molar-refractivity contribution in [3.8, 4) is 22.9 Å². The Kier molecular flexibility index (Phi) is 8.54. The molecule has 0 saturated carbocycles. The van der Waals surface area contributed by atoms with Crippen molar-refractivity contribution < 1.29 is 14.4 Å². The lowest BCUT2D eigenvalue weighted by Crippen LogP contribution is -2.20. The number of hydrogen-bond acceptors (Lipinski definition) is 7. The van der Waals surface area contributed by atoms with Gasteiger partial charge in [0.1, 0.15) is 12.4 Å². The molecule has 1 aromatic heterocycles. The van der Waals surface area contributed by atoms with Gasteiger partial charge >= 0.3 is 5.69 Å². The number of benzene rings is 4. The highest BCUT2D eigenvalue weighted by molar-refractivity contribution is 6.30. The van der Waals surface area contributed by atoms with Gasteiger partial charge in [0.05, 0.1) is 29.2 Å². The molecule has 0 aliphatic carbocycles. The third-order valence-electron chi connectivity index (χ3n) is 7.00. The molecule has 0 aliphatic rings. The van der Waals surface area contributed by atoms with E-state index in [-0.39, 0.29) is 29.5 Å². The lowest BCUT2D eigenvalue weighted by atomic mass is 9.96. The Morgan fingerprint density at radius 3 is 2.49 bits per heavy atom. The molecule has 10 heteroatoms. The average molecular weight is 597 g/mol. The van der Waals surface area contributed by atoms with Crippen LogP contribution < -0.4 is 15.0 Å². The fourth-order valence-corrected chi connectivity index (χ4v) is 4.84. The van der Waals surface area contributed by atoms with Gasteiger partial charge in [0.15, 0.2) is 11.6 Å². The van der Waals surface area contributed by atoms with E-state index in [0.717, 1.165) is 28.0 Å². The van der Waals surface area contributed by atoms with Gasteiger partial charge in [-0.05, 0) is 78.1 Å². The normalized spacial score (nSPS) is 11.4. The number of aryl methyl sites for hydroxylation is 1. The van der Waals surface area contributed by atoms with Crippen LogP contribution in [0.2, 0.25) is 5.02 Å². The Morgan fingerprint density at radius 1 is 1.05 bits per heavy atom. The second-order valence-electron chi connectivity index (χ2n) is 10.3. The van der Waals surface area contributed by atoms with Crippen molar-refractivity contribution in [3.63, 3.8) is 0 Å². The minimum absolute atomic E-state index is 0.109. The smallest absolute Gasteiger partial charge is 0.311 e. The number of ether oxygens (including phenoxy) is 2. The first kappa shape index (κ1) is 29.5. The van der Waals surface area contributed by atoms with Crippen LogP contribution in [0.15, 0.2) is 88.8 Å². The molecule has 0 aliphatic heterocycles. The summed E-state index contributed by atoms with van der Waals surface area (Å²) < 4.78 is 12.6. The molecule has 0 amide bonds. The molecule has 0 radical (unpaired) electrons. The minimum Gasteiger partial charge on any atom is -0.496 e. The maximum atomic E-state index is 13.7. The molecule has 0 saturated heterocycles. The van der Waals surface area contributed by atoms with Crippen molar-refractivity contribution in [2.45, 2.75) is 33.3 Å². The molecular weight excluding hydrogens is 568 g/mol. The molecule has 218 valence electrons. The van der Waals surface area contributed by atoms with Crippen LogP contribution in [-0.2, 0) is 6.61 Å². The molecule has 0 unspecified atom stereocenters. The van der Waals surface area contributed by atoms with Crippen molar-refractivity contribution in [1.29, 1.82) is 0 Å². The number of aromatic nitrogens is 2. The summed E-state index contributed by atoms with van der Waals surface area (Å²) in [7, 11) is 1.63. The summed E-state index contributed by atoms with van der Waals surface area (Å²) in [6.07, 6.45) is 1.40. The van der Waals surface area contributed by atoms with E-state index in [1.54, 1.807) is 55.6 Å². The quantitative estimate of drug-likeness (QED) is 0.0988. The molecule has 0 N–H and O–H groups in total. The number of methoxy groups -OCH3 is 1. The number of rotatable bonds is 9. The summed E-state index contributed by atoms with van der Waals surface area (Å²) in [5.74, 6) is 1.36. The first-order valence-electron chi connectivity index (χ1n) is 13.6. The van der Waals surface area contributed by atoms with Crippen LogP contribution >= 0.6 is 11.6 Å². The van der Waals surface area contributed by atoms with E-state index in [0.29, 0.717) is 27.3 Å². The van der Waals surface area contributed by atoms with Gasteiger partial charge in [-0.15, -0.1) is 0 Å². The highest BCUT2D eigenvalue weighted by atomic mass is 35.5. The monoisotopic (exact) mass is 596 g/mol. The Morgan fingerprint density at radius 2 is 1.79 bits per heavy atom. The Labute approximate surface area is 253 Å². The van der Waals surface area contributed by atoms with Crippen LogP contribution in [0, 0.1) is 17.0 Å². The number of hydrogen-bond donors (Lipinski definition) is 0. The zero-order chi connectivity index (χ0) is 30.7. The van der Waals surface area contributed by atoms with Crippen LogP contribution in [0.25, 0.3) is 22.3 Å². The molecular formula is C33H29ClN4O5. The molecule has 1 heterocycles. The van der Waals surface area contributed by atoms with Crippen LogP contribution in [-0.4, -0.2) is 27.9 Å². The van der Waals surface area contributed by atoms with Gasteiger partial charge in [-0.3, -0.25) is 14.9 Å². The van der Waals surface area contributed by atoms with Crippen molar-refractivity contribution in [1.82, 2.24) is 9.66 Å². The molecule has 0 bridgehead atoms. The van der Waals surface area contributed by atoms with Gasteiger partial charge in [0.2, 0.25) is 0 Å². The molecule has 9 nitrogen and oxygen atoms in total. The average Bonchev–Trinajstić information content (AvgIpc) is 3.00. The summed E-state index contributed by atoms with van der Waals surface area (Å²) >= 11 is 5.94. The number of fused-ring (bicyclic) bond motifs is 1. The van der Waals surface area contributed by atoms with Crippen LogP contribution in [0.1, 0.15) is 42.0 Å². The van der Waals surface area contributed by atoms with Crippen molar-refractivity contribution in [2.24, 2.45) is 5.10 Å². The second kappa shape index (κ2) is 12.5. The van der Waals surface area contributed by atoms with E-state index in [2.05, 4.69) is 18.9 Å². The molecule has 5 aromatic rings. The maximum Gasteiger partial charge on any atom is 0.311 e. The van der Waals surface area contributed by atoms with E-state index >= 15 is 0 Å². The van der Waals surface area contributed by atoms with Gasteiger partial charge in [-0.2, -0.15) is 9.78 Å². The van der Waals surface area contributed by atoms with Crippen LogP contribution in [0.4, 0.5) is 5.69 Å². The van der Waals surface area contributed by atoms with Crippen molar-refractivity contribution in [3.05, 3.63) is 127 Å². The number of nitrogens with zero attached hydrogens (tertiary/aromatic N) is 4. The lowest BCUT2D eigenvalue weighted by molar-refractivity contribution is -0.385. The van der Waals surface area contributed by atoms with E-state index in [9.17, 15) is 14.9 Å². The van der Waals surface area contributed by atoms with Gasteiger partial charge in [-0.25, -0.2) is 4.98 Å². The minimum atomic E-state index is -0.516. The molecule has 5 rings (SSSR count). The van der Waals surface area contributed by atoms with Crippen LogP contribution in [0.5, 0.6) is 11.5 Å². The second-order valence-corrected chi connectivity index (χ2v) is 10.7. The highest BCUT2D eigenvalue weighted by Crippen LogP contribution is 2.34. The number of nitro benzene ring substituents is 1. The predicted octanol–water partition coefficient (Wildman–Crippen LogP) is 7.53. The Hall–Kier alpha value is -5.02. The molecule has 0 fully saturated rings. The fourth-order valence-electron chi connectivity index (χ4n) is 4.72. The summed E-state index contributed by atoms with van der Waals surface area (Å²) in [5, 5.41) is 17.4. The van der Waals surface area contributed by atoms with Crippen molar-refractivity contribution >= 4 is 34.4 Å². The first-order chi connectivity index (χ1) is 20.7. The highest BCUT2D eigenvalue weighted by Gasteiger charge is 2.19. The zero-order valence-electron chi connectivity index (χ0n) is 24.1. The van der Waals surface area contributed by atoms with Crippen LogP contribution in [0.3, 0.4) is 0 Å². The maximum absolute atomic E-state index is 13.7. The van der Waals surface area contributed by atoms with Gasteiger partial charge in [-0.1, -0.05) is 49.7 Å². The van der Waals surface area contributed by atoms with Gasteiger partial charge in [0.25, 0.3) is 5.56 Å². The van der Waals surface area contributed by atoms with E-state index < -0.39 is 4.92 Å². The van der Waals surface area contributed by atoms with E-state index in [1.807, 2.05) is 25.1 Å². The molecule has 43 heavy (non-hydrogen) atoms. The zero-order valence-corrected chi connectivity index (χ0v) is 24.8. The third-order valence-corrected chi connectivity index (χ3v) is 7.25. The van der Waals surface area contributed by atoms with E-state index in [4.69, 9.17) is 26.1 Å². The van der Waals surface area contributed by atoms with E-state index in [1.165, 1.54) is 23.0 Å². The number of para-hydroxylation sites is 1. The standard InChI is InChI=1S/C33H29ClN4O5/c1-20(2)26-17-27(21(3)15-31(26)42-4)32-36-28-8-6-5-7-25(28)33(39)37(32)35-18-23-11-14-30(29(16-23)38(40)41)43-19-22-9-12-24(34)13-10-22/h5-18,20H,19H2,1-4H3. The summed E-state index contributed by atoms with van der Waals surface area (Å²) in [4.78, 5) is 29.9. The number of nitro groups is 1. The Balaban J connectivity index is 1.57. The first-order valence-corrected chi connectivity index (χ1v) is 13.9. The summed E-state index contributed by atoms with van der Waals surface area (Å²) in [6.45, 7) is 6.17. The summed E-state index contributed by atoms with van der Waals surface area (Å²) in [5.41, 5.74) is 3.70. The van der Waals surface area contributed by atoms with Gasteiger partial charge in [0, 0.05) is 22.2 Å². The molecule has 0 atom stereocenters. The number of halogens is 1. The third kappa shape index (κ3) is 6.27. The lowest BCUT2D eigenvalue weighted by Gasteiger charge is -2.17. The van der Waals surface area contributed by atoms with Crippen molar-refractivity contribution in [2.75, 3.05) is 7.11 Å². The predicted molar refractivity (Wildman–Crippen MR) is 169 cm³/mol.